The van der Waals surface area contributed by atoms with Crippen molar-refractivity contribution in [3.8, 4) is 5.75 Å². The molecule has 0 saturated carbocycles. The Kier molecular flexibility index (Phi) is 8.28. The molecule has 2 rings (SSSR count). The Hall–Kier alpha value is -1.03. The first kappa shape index (κ1) is 21.0. The van der Waals surface area contributed by atoms with Gasteiger partial charge in [0.1, 0.15) is 5.75 Å². The molecule has 1 aromatic carbocycles. The summed E-state index contributed by atoms with van der Waals surface area (Å²) in [6.45, 7) is 12.1. The van der Waals surface area contributed by atoms with E-state index in [2.05, 4.69) is 63.1 Å². The van der Waals surface area contributed by atoms with Gasteiger partial charge >= 0.3 is 0 Å². The van der Waals surface area contributed by atoms with E-state index in [0.717, 1.165) is 18.5 Å². The minimum absolute atomic E-state index is 0. The quantitative estimate of drug-likeness (QED) is 0.665. The molecule has 1 atom stereocenters. The topological polar surface area (TPSA) is 23.5 Å². The van der Waals surface area contributed by atoms with Crippen molar-refractivity contribution in [1.29, 1.82) is 0 Å². The van der Waals surface area contributed by atoms with Crippen LogP contribution in [0.25, 0.3) is 0 Å². The summed E-state index contributed by atoms with van der Waals surface area (Å²) in [5.74, 6) is 0.671. The number of halogens is 1. The maximum atomic E-state index is 10.4. The molecule has 0 saturated heterocycles. The van der Waals surface area contributed by atoms with Crippen molar-refractivity contribution < 1.29 is 5.11 Å². The zero-order chi connectivity index (χ0) is 17.0. The van der Waals surface area contributed by atoms with E-state index >= 15 is 0 Å². The van der Waals surface area contributed by atoms with Crippen LogP contribution in [0.15, 0.2) is 35.7 Å². The number of hydrogen-bond acceptors (Lipinski definition) is 3. The molecule has 1 heterocycles. The normalized spacial score (nSPS) is 12.7. The highest BCUT2D eigenvalue weighted by Gasteiger charge is 2.22. The van der Waals surface area contributed by atoms with Crippen LogP contribution in [-0.4, -0.2) is 28.6 Å². The van der Waals surface area contributed by atoms with Gasteiger partial charge in [0.25, 0.3) is 0 Å². The zero-order valence-electron chi connectivity index (χ0n) is 15.3. The first-order valence-corrected chi connectivity index (χ1v) is 9.36. The first-order valence-electron chi connectivity index (χ1n) is 8.48. The predicted molar refractivity (Wildman–Crippen MR) is 108 cm³/mol. The number of aryl methyl sites for hydroxylation is 1. The van der Waals surface area contributed by atoms with E-state index in [1.54, 1.807) is 11.3 Å². The van der Waals surface area contributed by atoms with Gasteiger partial charge in [0.2, 0.25) is 0 Å². The van der Waals surface area contributed by atoms with Gasteiger partial charge in [-0.3, -0.25) is 4.90 Å². The van der Waals surface area contributed by atoms with Gasteiger partial charge < -0.3 is 5.11 Å². The number of hydrogen-bond donors (Lipinski definition) is 1. The predicted octanol–water partition coefficient (Wildman–Crippen LogP) is 5.82. The highest BCUT2D eigenvalue weighted by atomic mass is 35.5. The van der Waals surface area contributed by atoms with Crippen molar-refractivity contribution in [2.24, 2.45) is 0 Å². The van der Waals surface area contributed by atoms with Crippen LogP contribution >= 0.6 is 23.7 Å². The second-order valence-electron chi connectivity index (χ2n) is 6.84. The third kappa shape index (κ3) is 5.23. The Labute approximate surface area is 156 Å². The molecule has 0 aliphatic carbocycles. The van der Waals surface area contributed by atoms with Crippen molar-refractivity contribution in [3.63, 3.8) is 0 Å². The summed E-state index contributed by atoms with van der Waals surface area (Å²) in [4.78, 5) is 3.85. The average Bonchev–Trinajstić information content (AvgIpc) is 2.99. The molecular weight excluding hydrogens is 338 g/mol. The molecule has 4 heteroatoms. The molecule has 2 nitrogen and oxygen atoms in total. The maximum Gasteiger partial charge on any atom is 0.119 e. The third-order valence-electron chi connectivity index (χ3n) is 4.45. The van der Waals surface area contributed by atoms with Gasteiger partial charge in [0.05, 0.1) is 0 Å². The van der Waals surface area contributed by atoms with Crippen molar-refractivity contribution in [2.45, 2.75) is 59.0 Å². The number of nitrogens with zero attached hydrogens (tertiary/aromatic N) is 1. The lowest BCUT2D eigenvalue weighted by atomic mass is 9.91. The minimum Gasteiger partial charge on any atom is -0.508 e. The van der Waals surface area contributed by atoms with Crippen molar-refractivity contribution >= 4 is 23.7 Å². The Morgan fingerprint density at radius 2 is 1.75 bits per heavy atom. The van der Waals surface area contributed by atoms with Gasteiger partial charge in [-0.1, -0.05) is 23.8 Å². The number of thiophene rings is 1. The molecule has 0 aliphatic heterocycles. The SMILES string of the molecule is Cc1ccc(O)c(C(CCN(C(C)C)C(C)C)c2cccs2)c1.Cl. The summed E-state index contributed by atoms with van der Waals surface area (Å²) in [7, 11) is 0. The molecule has 0 radical (unpaired) electrons. The summed E-state index contributed by atoms with van der Waals surface area (Å²) in [6.07, 6.45) is 1.02. The number of benzene rings is 1. The lowest BCUT2D eigenvalue weighted by Crippen LogP contribution is -2.38. The molecule has 1 unspecified atom stereocenters. The van der Waals surface area contributed by atoms with Gasteiger partial charge in [-0.05, 0) is 65.1 Å². The van der Waals surface area contributed by atoms with Crippen LogP contribution in [0.2, 0.25) is 0 Å². The fraction of sp³-hybridized carbons (Fsp3) is 0.500. The summed E-state index contributed by atoms with van der Waals surface area (Å²) in [6, 6.07) is 11.3. The monoisotopic (exact) mass is 367 g/mol. The molecule has 0 fully saturated rings. The van der Waals surface area contributed by atoms with Gasteiger partial charge in [-0.15, -0.1) is 23.7 Å². The van der Waals surface area contributed by atoms with Gasteiger partial charge in [-0.2, -0.15) is 0 Å². The molecule has 24 heavy (non-hydrogen) atoms. The third-order valence-corrected chi connectivity index (χ3v) is 5.43. The molecule has 2 aromatic rings. The number of phenols is 1. The molecule has 1 aromatic heterocycles. The largest absolute Gasteiger partial charge is 0.508 e. The number of aromatic hydroxyl groups is 1. The fourth-order valence-electron chi connectivity index (χ4n) is 3.28. The van der Waals surface area contributed by atoms with Gasteiger partial charge in [0.15, 0.2) is 0 Å². The lowest BCUT2D eigenvalue weighted by molar-refractivity contribution is 0.170. The lowest BCUT2D eigenvalue weighted by Gasteiger charge is -2.32. The van der Waals surface area contributed by atoms with Crippen molar-refractivity contribution in [3.05, 3.63) is 51.7 Å². The number of phenolic OH excluding ortho intramolecular Hbond substituents is 1. The second-order valence-corrected chi connectivity index (χ2v) is 7.82. The summed E-state index contributed by atoms with van der Waals surface area (Å²) in [5.41, 5.74) is 2.25. The first-order chi connectivity index (χ1) is 10.9. The molecule has 1 N–H and O–H groups in total. The maximum absolute atomic E-state index is 10.4. The molecule has 0 aliphatic rings. The Balaban J connectivity index is 0.00000288. The molecule has 0 spiro atoms. The summed E-state index contributed by atoms with van der Waals surface area (Å²) in [5, 5.41) is 12.5. The van der Waals surface area contributed by atoms with Crippen molar-refractivity contribution in [1.82, 2.24) is 4.90 Å². The summed E-state index contributed by atoms with van der Waals surface area (Å²) >= 11 is 1.78. The zero-order valence-corrected chi connectivity index (χ0v) is 17.0. The highest BCUT2D eigenvalue weighted by Crippen LogP contribution is 2.37. The van der Waals surface area contributed by atoms with Gasteiger partial charge in [-0.25, -0.2) is 0 Å². The van der Waals surface area contributed by atoms with E-state index in [0.29, 0.717) is 17.8 Å². The Morgan fingerprint density at radius 1 is 1.08 bits per heavy atom. The van der Waals surface area contributed by atoms with E-state index in [4.69, 9.17) is 0 Å². The molecule has 0 amide bonds. The van der Waals surface area contributed by atoms with Crippen LogP contribution in [0.5, 0.6) is 5.75 Å². The van der Waals surface area contributed by atoms with Crippen molar-refractivity contribution in [2.75, 3.05) is 6.54 Å². The van der Waals surface area contributed by atoms with E-state index in [9.17, 15) is 5.11 Å². The molecule has 134 valence electrons. The Bertz CT molecular complexity index is 602. The van der Waals surface area contributed by atoms with E-state index < -0.39 is 0 Å². The standard InChI is InChI=1S/C20H29NOS.ClH/c1-14(2)21(15(3)4)11-10-17(20-7-6-12-23-20)18-13-16(5)8-9-19(18)22;/h6-9,12-15,17,22H,10-11H2,1-5H3;1H. The average molecular weight is 368 g/mol. The van der Waals surface area contributed by atoms with Crippen LogP contribution in [-0.2, 0) is 0 Å². The number of rotatable bonds is 7. The summed E-state index contributed by atoms with van der Waals surface area (Å²) < 4.78 is 0. The van der Waals surface area contributed by atoms with Crippen LogP contribution in [0.1, 0.15) is 56.0 Å². The fourth-order valence-corrected chi connectivity index (χ4v) is 4.16. The van der Waals surface area contributed by atoms with Crippen LogP contribution in [0, 0.1) is 6.92 Å². The van der Waals surface area contributed by atoms with E-state index in [-0.39, 0.29) is 18.3 Å². The van der Waals surface area contributed by atoms with Crippen LogP contribution < -0.4 is 0 Å². The minimum atomic E-state index is 0. The van der Waals surface area contributed by atoms with E-state index in [1.165, 1.54) is 10.4 Å². The second kappa shape index (κ2) is 9.45. The highest BCUT2D eigenvalue weighted by molar-refractivity contribution is 7.10. The van der Waals surface area contributed by atoms with Crippen LogP contribution in [0.4, 0.5) is 0 Å². The molecular formula is C20H30ClNOS. The van der Waals surface area contributed by atoms with E-state index in [1.807, 2.05) is 12.1 Å². The van der Waals surface area contributed by atoms with Crippen LogP contribution in [0.3, 0.4) is 0 Å². The smallest absolute Gasteiger partial charge is 0.119 e. The molecule has 0 bridgehead atoms. The van der Waals surface area contributed by atoms with Gasteiger partial charge in [0, 0.05) is 28.4 Å². The Morgan fingerprint density at radius 3 is 2.29 bits per heavy atom.